The quantitative estimate of drug-likeness (QED) is 0.655. The smallest absolute Gasteiger partial charge is 0.227 e. The lowest BCUT2D eigenvalue weighted by Gasteiger charge is -1.96. The minimum absolute atomic E-state index is 0.668. The highest BCUT2D eigenvalue weighted by atomic mass is 79.9. The highest BCUT2D eigenvalue weighted by molar-refractivity contribution is 9.10. The van der Waals surface area contributed by atoms with E-state index in [9.17, 15) is 0 Å². The molecule has 0 unspecified atom stereocenters. The van der Waals surface area contributed by atoms with E-state index >= 15 is 0 Å². The number of benzene rings is 2. The summed E-state index contributed by atoms with van der Waals surface area (Å²) < 4.78 is 6.87. The Labute approximate surface area is 107 Å². The first-order valence-corrected chi connectivity index (χ1v) is 6.16. The Hall–Kier alpha value is -1.61. The van der Waals surface area contributed by atoms with Crippen LogP contribution in [0.3, 0.4) is 0 Å². The number of hydrogen-bond donors (Lipinski definition) is 0. The standard InChI is InChI=1S/C14H10BrNO/c1-9-11(15)7-8-12-13(9)17-14(16-12)10-5-3-2-4-6-10/h2-8H,1H3. The molecule has 0 amide bonds. The highest BCUT2D eigenvalue weighted by Crippen LogP contribution is 2.29. The van der Waals surface area contributed by atoms with Gasteiger partial charge in [0.1, 0.15) is 5.52 Å². The summed E-state index contributed by atoms with van der Waals surface area (Å²) >= 11 is 3.49. The average Bonchev–Trinajstić information content (AvgIpc) is 2.80. The number of aryl methyl sites for hydroxylation is 1. The molecule has 17 heavy (non-hydrogen) atoms. The van der Waals surface area contributed by atoms with E-state index in [1.54, 1.807) is 0 Å². The van der Waals surface area contributed by atoms with Crippen LogP contribution in [0.15, 0.2) is 51.4 Å². The summed E-state index contributed by atoms with van der Waals surface area (Å²) in [6.45, 7) is 2.02. The molecule has 2 aromatic carbocycles. The fourth-order valence-corrected chi connectivity index (χ4v) is 2.12. The van der Waals surface area contributed by atoms with Crippen LogP contribution in [0, 0.1) is 6.92 Å². The predicted octanol–water partition coefficient (Wildman–Crippen LogP) is 4.57. The van der Waals surface area contributed by atoms with E-state index in [-0.39, 0.29) is 0 Å². The fraction of sp³-hybridized carbons (Fsp3) is 0.0714. The van der Waals surface area contributed by atoms with Crippen molar-refractivity contribution in [3.8, 4) is 11.5 Å². The van der Waals surface area contributed by atoms with Crippen LogP contribution in [0.1, 0.15) is 5.56 Å². The third-order valence-corrected chi connectivity index (χ3v) is 3.62. The maximum atomic E-state index is 5.82. The lowest BCUT2D eigenvalue weighted by atomic mass is 10.2. The Balaban J connectivity index is 2.24. The molecule has 0 radical (unpaired) electrons. The SMILES string of the molecule is Cc1c(Br)ccc2nc(-c3ccccc3)oc12. The summed E-state index contributed by atoms with van der Waals surface area (Å²) in [6, 6.07) is 13.9. The van der Waals surface area contributed by atoms with Gasteiger partial charge in [-0.2, -0.15) is 0 Å². The molecule has 2 nitrogen and oxygen atoms in total. The topological polar surface area (TPSA) is 26.0 Å². The second-order valence-electron chi connectivity index (χ2n) is 3.91. The van der Waals surface area contributed by atoms with Gasteiger partial charge in [-0.3, -0.25) is 0 Å². The van der Waals surface area contributed by atoms with E-state index in [0.717, 1.165) is 26.7 Å². The molecule has 0 atom stereocenters. The Kier molecular flexibility index (Phi) is 2.48. The van der Waals surface area contributed by atoms with Crippen molar-refractivity contribution in [2.24, 2.45) is 0 Å². The molecule has 0 fully saturated rings. The molecule has 0 aliphatic carbocycles. The Bertz CT molecular complexity index is 673. The molecule has 1 heterocycles. The monoisotopic (exact) mass is 287 g/mol. The number of rotatable bonds is 1. The Morgan fingerprint density at radius 1 is 1.06 bits per heavy atom. The van der Waals surface area contributed by atoms with E-state index < -0.39 is 0 Å². The molecule has 0 spiro atoms. The molecule has 3 aromatic rings. The van der Waals surface area contributed by atoms with Crippen LogP contribution in [0.4, 0.5) is 0 Å². The van der Waals surface area contributed by atoms with Gasteiger partial charge < -0.3 is 4.42 Å². The van der Waals surface area contributed by atoms with Crippen molar-refractivity contribution in [2.45, 2.75) is 6.92 Å². The van der Waals surface area contributed by atoms with E-state index in [1.807, 2.05) is 49.4 Å². The number of oxazole rings is 1. The Morgan fingerprint density at radius 3 is 2.59 bits per heavy atom. The minimum atomic E-state index is 0.668. The van der Waals surface area contributed by atoms with Crippen molar-refractivity contribution in [1.82, 2.24) is 4.98 Å². The van der Waals surface area contributed by atoms with Crippen LogP contribution in [0.5, 0.6) is 0 Å². The van der Waals surface area contributed by atoms with Crippen molar-refractivity contribution in [1.29, 1.82) is 0 Å². The van der Waals surface area contributed by atoms with Gasteiger partial charge in [0.05, 0.1) is 0 Å². The van der Waals surface area contributed by atoms with Gasteiger partial charge in [-0.25, -0.2) is 4.98 Å². The van der Waals surface area contributed by atoms with Crippen molar-refractivity contribution in [3.05, 3.63) is 52.5 Å². The summed E-state index contributed by atoms with van der Waals surface area (Å²) in [5.74, 6) is 0.668. The second-order valence-corrected chi connectivity index (χ2v) is 4.76. The predicted molar refractivity (Wildman–Crippen MR) is 71.9 cm³/mol. The van der Waals surface area contributed by atoms with Crippen LogP contribution in [-0.4, -0.2) is 4.98 Å². The van der Waals surface area contributed by atoms with Crippen molar-refractivity contribution in [3.63, 3.8) is 0 Å². The first-order chi connectivity index (χ1) is 8.25. The number of fused-ring (bicyclic) bond motifs is 1. The maximum Gasteiger partial charge on any atom is 0.227 e. The molecule has 3 rings (SSSR count). The average molecular weight is 288 g/mol. The molecular weight excluding hydrogens is 278 g/mol. The summed E-state index contributed by atoms with van der Waals surface area (Å²) in [5, 5.41) is 0. The number of halogens is 1. The van der Waals surface area contributed by atoms with Gasteiger partial charge in [0.25, 0.3) is 0 Å². The van der Waals surface area contributed by atoms with Gasteiger partial charge in [0, 0.05) is 15.6 Å². The van der Waals surface area contributed by atoms with Crippen LogP contribution >= 0.6 is 15.9 Å². The molecule has 84 valence electrons. The van der Waals surface area contributed by atoms with Gasteiger partial charge in [0.2, 0.25) is 5.89 Å². The zero-order valence-corrected chi connectivity index (χ0v) is 10.9. The molecule has 0 saturated heterocycles. The fourth-order valence-electron chi connectivity index (χ4n) is 1.80. The zero-order chi connectivity index (χ0) is 11.8. The van der Waals surface area contributed by atoms with E-state index in [1.165, 1.54) is 0 Å². The maximum absolute atomic E-state index is 5.82. The highest BCUT2D eigenvalue weighted by Gasteiger charge is 2.10. The van der Waals surface area contributed by atoms with Crippen molar-refractivity contribution < 1.29 is 4.42 Å². The van der Waals surface area contributed by atoms with Crippen LogP contribution < -0.4 is 0 Å². The molecule has 1 aromatic heterocycles. The molecule has 0 N–H and O–H groups in total. The second kappa shape index (κ2) is 4.00. The van der Waals surface area contributed by atoms with Gasteiger partial charge in [-0.15, -0.1) is 0 Å². The van der Waals surface area contributed by atoms with Crippen LogP contribution in [-0.2, 0) is 0 Å². The van der Waals surface area contributed by atoms with Gasteiger partial charge in [0.15, 0.2) is 5.58 Å². The van der Waals surface area contributed by atoms with Crippen LogP contribution in [0.2, 0.25) is 0 Å². The third-order valence-electron chi connectivity index (χ3n) is 2.76. The lowest BCUT2D eigenvalue weighted by Crippen LogP contribution is -1.76. The van der Waals surface area contributed by atoms with E-state index in [0.29, 0.717) is 5.89 Å². The molecule has 0 saturated carbocycles. The molecule has 0 bridgehead atoms. The van der Waals surface area contributed by atoms with Crippen LogP contribution in [0.25, 0.3) is 22.6 Å². The first-order valence-electron chi connectivity index (χ1n) is 5.37. The number of aromatic nitrogens is 1. The Morgan fingerprint density at radius 2 is 1.82 bits per heavy atom. The molecule has 0 aliphatic rings. The van der Waals surface area contributed by atoms with Gasteiger partial charge >= 0.3 is 0 Å². The van der Waals surface area contributed by atoms with Gasteiger partial charge in [-0.1, -0.05) is 34.1 Å². The summed E-state index contributed by atoms with van der Waals surface area (Å²) in [4.78, 5) is 4.50. The first kappa shape index (κ1) is 10.5. The largest absolute Gasteiger partial charge is 0.436 e. The molecular formula is C14H10BrNO. The zero-order valence-electron chi connectivity index (χ0n) is 9.27. The van der Waals surface area contributed by atoms with Crippen molar-refractivity contribution in [2.75, 3.05) is 0 Å². The summed E-state index contributed by atoms with van der Waals surface area (Å²) in [7, 11) is 0. The third kappa shape index (κ3) is 1.76. The molecule has 0 aliphatic heterocycles. The minimum Gasteiger partial charge on any atom is -0.436 e. The van der Waals surface area contributed by atoms with E-state index in [2.05, 4.69) is 20.9 Å². The summed E-state index contributed by atoms with van der Waals surface area (Å²) in [5.41, 5.74) is 3.82. The normalized spacial score (nSPS) is 10.9. The number of hydrogen-bond acceptors (Lipinski definition) is 2. The van der Waals surface area contributed by atoms with Crippen molar-refractivity contribution >= 4 is 27.0 Å². The van der Waals surface area contributed by atoms with Gasteiger partial charge in [-0.05, 0) is 31.2 Å². The number of nitrogens with zero attached hydrogens (tertiary/aromatic N) is 1. The lowest BCUT2D eigenvalue weighted by molar-refractivity contribution is 0.617. The van der Waals surface area contributed by atoms with E-state index in [4.69, 9.17) is 4.42 Å². The molecule has 3 heteroatoms. The summed E-state index contributed by atoms with van der Waals surface area (Å²) in [6.07, 6.45) is 0.